The van der Waals surface area contributed by atoms with E-state index in [2.05, 4.69) is 45.0 Å². The molecule has 0 unspecified atom stereocenters. The van der Waals surface area contributed by atoms with Crippen LogP contribution in [0.2, 0.25) is 0 Å². The summed E-state index contributed by atoms with van der Waals surface area (Å²) in [6.07, 6.45) is 1.94. The van der Waals surface area contributed by atoms with Gasteiger partial charge in [-0.25, -0.2) is 4.79 Å². The van der Waals surface area contributed by atoms with Crippen molar-refractivity contribution >= 4 is 17.6 Å². The zero-order valence-corrected chi connectivity index (χ0v) is 13.6. The zero-order chi connectivity index (χ0) is 16.3. The second-order valence-corrected chi connectivity index (χ2v) is 6.55. The fourth-order valence-corrected chi connectivity index (χ4v) is 2.37. The lowest BCUT2D eigenvalue weighted by molar-refractivity contribution is 0.0696. The highest BCUT2D eigenvalue weighted by atomic mass is 16.4. The quantitative estimate of drug-likeness (QED) is 0.786. The van der Waals surface area contributed by atoms with Gasteiger partial charge in [0.2, 0.25) is 0 Å². The molecule has 114 valence electrons. The smallest absolute Gasteiger partial charge is 0.336 e. The van der Waals surface area contributed by atoms with E-state index in [1.165, 1.54) is 5.56 Å². The minimum absolute atomic E-state index is 0.0925. The zero-order valence-electron chi connectivity index (χ0n) is 13.6. The van der Waals surface area contributed by atoms with Crippen molar-refractivity contribution < 1.29 is 9.90 Å². The Bertz CT molecular complexity index is 718. The largest absolute Gasteiger partial charge is 0.478 e. The third-order valence-electron chi connectivity index (χ3n) is 3.75. The van der Waals surface area contributed by atoms with E-state index in [-0.39, 0.29) is 5.41 Å². The maximum Gasteiger partial charge on any atom is 0.336 e. The van der Waals surface area contributed by atoms with E-state index in [0.717, 1.165) is 16.7 Å². The molecule has 0 aliphatic heterocycles. The lowest BCUT2D eigenvalue weighted by Crippen LogP contribution is -2.10. The first-order chi connectivity index (χ1) is 10.3. The van der Waals surface area contributed by atoms with Gasteiger partial charge in [0.05, 0.1) is 5.56 Å². The molecule has 0 atom stereocenters. The van der Waals surface area contributed by atoms with Gasteiger partial charge >= 0.3 is 5.97 Å². The molecule has 2 rings (SSSR count). The standard InChI is InChI=1S/C20H22O2/c1-14(12-16-8-5-6-11-18(16)19(21)22)15-9-7-10-17(13-15)20(2,3)4/h5-13H,1-4H3,(H,21,22). The van der Waals surface area contributed by atoms with Gasteiger partial charge in [-0.3, -0.25) is 0 Å². The normalized spacial score (nSPS) is 12.3. The summed E-state index contributed by atoms with van der Waals surface area (Å²) in [7, 11) is 0. The molecule has 0 aliphatic carbocycles. The molecule has 0 bridgehead atoms. The molecule has 2 aromatic rings. The molecule has 2 aromatic carbocycles. The van der Waals surface area contributed by atoms with Gasteiger partial charge in [0.1, 0.15) is 0 Å². The Labute approximate surface area is 132 Å². The minimum atomic E-state index is -0.900. The Morgan fingerprint density at radius 1 is 1.05 bits per heavy atom. The van der Waals surface area contributed by atoms with Crippen LogP contribution >= 0.6 is 0 Å². The fourth-order valence-electron chi connectivity index (χ4n) is 2.37. The highest BCUT2D eigenvalue weighted by Crippen LogP contribution is 2.26. The third-order valence-corrected chi connectivity index (χ3v) is 3.75. The summed E-state index contributed by atoms with van der Waals surface area (Å²) in [5.41, 5.74) is 4.59. The average Bonchev–Trinajstić information content (AvgIpc) is 2.47. The van der Waals surface area contributed by atoms with Crippen LogP contribution < -0.4 is 0 Å². The number of hydrogen-bond donors (Lipinski definition) is 1. The first kappa shape index (κ1) is 16.0. The van der Waals surface area contributed by atoms with Gasteiger partial charge in [0.15, 0.2) is 0 Å². The van der Waals surface area contributed by atoms with Gasteiger partial charge in [-0.15, -0.1) is 0 Å². The van der Waals surface area contributed by atoms with Crippen molar-refractivity contribution in [2.75, 3.05) is 0 Å². The number of carboxylic acids is 1. The van der Waals surface area contributed by atoms with E-state index in [4.69, 9.17) is 0 Å². The maximum atomic E-state index is 11.3. The highest BCUT2D eigenvalue weighted by Gasteiger charge is 2.14. The number of aromatic carboxylic acids is 1. The highest BCUT2D eigenvalue weighted by molar-refractivity contribution is 5.95. The summed E-state index contributed by atoms with van der Waals surface area (Å²) in [5.74, 6) is -0.900. The van der Waals surface area contributed by atoms with E-state index in [1.807, 2.05) is 25.1 Å². The first-order valence-corrected chi connectivity index (χ1v) is 7.40. The van der Waals surface area contributed by atoms with Crippen LogP contribution in [0.25, 0.3) is 11.6 Å². The van der Waals surface area contributed by atoms with Crippen LogP contribution in [-0.4, -0.2) is 11.1 Å². The van der Waals surface area contributed by atoms with E-state index in [9.17, 15) is 9.90 Å². The lowest BCUT2D eigenvalue weighted by Gasteiger charge is -2.20. The molecule has 1 N–H and O–H groups in total. The van der Waals surface area contributed by atoms with Crippen LogP contribution in [0.1, 0.15) is 54.7 Å². The number of benzene rings is 2. The molecule has 0 saturated carbocycles. The summed E-state index contributed by atoms with van der Waals surface area (Å²) < 4.78 is 0. The molecule has 0 spiro atoms. The Kier molecular flexibility index (Phi) is 4.51. The molecule has 0 amide bonds. The second-order valence-electron chi connectivity index (χ2n) is 6.55. The predicted molar refractivity (Wildman–Crippen MR) is 92.1 cm³/mol. The Balaban J connectivity index is 2.44. The van der Waals surface area contributed by atoms with E-state index < -0.39 is 5.97 Å². The molecule has 0 saturated heterocycles. The van der Waals surface area contributed by atoms with E-state index in [0.29, 0.717) is 5.56 Å². The summed E-state index contributed by atoms with van der Waals surface area (Å²) in [6.45, 7) is 8.57. The van der Waals surface area contributed by atoms with Crippen LogP contribution in [0, 0.1) is 0 Å². The molecular weight excluding hydrogens is 272 g/mol. The maximum absolute atomic E-state index is 11.3. The molecule has 0 radical (unpaired) electrons. The fraction of sp³-hybridized carbons (Fsp3) is 0.250. The van der Waals surface area contributed by atoms with Crippen molar-refractivity contribution in [3.8, 4) is 0 Å². The monoisotopic (exact) mass is 294 g/mol. The topological polar surface area (TPSA) is 37.3 Å². The number of allylic oxidation sites excluding steroid dienone is 1. The second kappa shape index (κ2) is 6.18. The number of carboxylic acid groups (broad SMARTS) is 1. The van der Waals surface area contributed by atoms with Crippen molar-refractivity contribution in [3.63, 3.8) is 0 Å². The molecule has 2 nitrogen and oxygen atoms in total. The molecule has 0 fully saturated rings. The molecule has 0 aromatic heterocycles. The van der Waals surface area contributed by atoms with Crippen molar-refractivity contribution in [2.24, 2.45) is 0 Å². The Hall–Kier alpha value is -2.35. The minimum Gasteiger partial charge on any atom is -0.478 e. The van der Waals surface area contributed by atoms with Gasteiger partial charge in [-0.1, -0.05) is 69.3 Å². The third kappa shape index (κ3) is 3.64. The van der Waals surface area contributed by atoms with Crippen LogP contribution in [0.3, 0.4) is 0 Å². The Morgan fingerprint density at radius 3 is 2.36 bits per heavy atom. The van der Waals surface area contributed by atoms with Crippen LogP contribution in [0.5, 0.6) is 0 Å². The van der Waals surface area contributed by atoms with Crippen molar-refractivity contribution in [2.45, 2.75) is 33.1 Å². The Morgan fingerprint density at radius 2 is 1.73 bits per heavy atom. The van der Waals surface area contributed by atoms with Crippen molar-refractivity contribution in [1.82, 2.24) is 0 Å². The van der Waals surface area contributed by atoms with Gasteiger partial charge in [-0.05, 0) is 40.7 Å². The molecule has 0 heterocycles. The summed E-state index contributed by atoms with van der Waals surface area (Å²) >= 11 is 0. The molecule has 0 aliphatic rings. The number of hydrogen-bond acceptors (Lipinski definition) is 1. The summed E-state index contributed by atoms with van der Waals surface area (Å²) in [4.78, 5) is 11.3. The average molecular weight is 294 g/mol. The SMILES string of the molecule is CC(=Cc1ccccc1C(=O)O)c1cccc(C(C)(C)C)c1. The lowest BCUT2D eigenvalue weighted by atomic mass is 9.85. The van der Waals surface area contributed by atoms with Gasteiger partial charge < -0.3 is 5.11 Å². The van der Waals surface area contributed by atoms with Gasteiger partial charge in [-0.2, -0.15) is 0 Å². The summed E-state index contributed by atoms with van der Waals surface area (Å²) in [6, 6.07) is 15.5. The van der Waals surface area contributed by atoms with Crippen molar-refractivity contribution in [1.29, 1.82) is 0 Å². The number of carbonyl (C=O) groups is 1. The molecule has 22 heavy (non-hydrogen) atoms. The van der Waals surface area contributed by atoms with E-state index >= 15 is 0 Å². The van der Waals surface area contributed by atoms with E-state index in [1.54, 1.807) is 12.1 Å². The molecule has 2 heteroatoms. The van der Waals surface area contributed by atoms with Gasteiger partial charge in [0, 0.05) is 0 Å². The van der Waals surface area contributed by atoms with Crippen LogP contribution in [-0.2, 0) is 5.41 Å². The number of rotatable bonds is 3. The van der Waals surface area contributed by atoms with Crippen molar-refractivity contribution in [3.05, 3.63) is 70.8 Å². The first-order valence-electron chi connectivity index (χ1n) is 7.40. The van der Waals surface area contributed by atoms with Crippen LogP contribution in [0.4, 0.5) is 0 Å². The predicted octanol–water partition coefficient (Wildman–Crippen LogP) is 5.24. The molecular formula is C20H22O2. The summed E-state index contributed by atoms with van der Waals surface area (Å²) in [5, 5.41) is 9.27. The van der Waals surface area contributed by atoms with Gasteiger partial charge in [0.25, 0.3) is 0 Å². The van der Waals surface area contributed by atoms with Crippen LogP contribution in [0.15, 0.2) is 48.5 Å².